The quantitative estimate of drug-likeness (QED) is 0.661. The number of benzene rings is 1. The van der Waals surface area contributed by atoms with Gasteiger partial charge in [0.1, 0.15) is 5.69 Å². The highest BCUT2D eigenvalue weighted by molar-refractivity contribution is 5.91. The maximum absolute atomic E-state index is 14.6. The maximum Gasteiger partial charge on any atom is 0.301 e. The first-order chi connectivity index (χ1) is 12.4. The standard InChI is InChI=1S/C17H16FN5O3/c1-11-10-23(20-15(16(11)24)17(25)21(2)26-3)14-6-5-12(9-13(14)18)22-8-4-7-19-22/h4-10H,1-3H3. The van der Waals surface area contributed by atoms with E-state index in [2.05, 4.69) is 10.2 Å². The van der Waals surface area contributed by atoms with Gasteiger partial charge in [0.2, 0.25) is 5.43 Å². The van der Waals surface area contributed by atoms with Gasteiger partial charge < -0.3 is 0 Å². The molecule has 0 atom stereocenters. The Morgan fingerprint density at radius 3 is 2.69 bits per heavy atom. The molecule has 0 aliphatic heterocycles. The molecule has 26 heavy (non-hydrogen) atoms. The topological polar surface area (TPSA) is 82.2 Å². The first-order valence-electron chi connectivity index (χ1n) is 7.65. The number of carbonyl (C=O) groups is 1. The monoisotopic (exact) mass is 357 g/mol. The largest absolute Gasteiger partial charge is 0.301 e. The molecule has 8 nitrogen and oxygen atoms in total. The number of hydroxylamine groups is 2. The van der Waals surface area contributed by atoms with Crippen LogP contribution in [0.5, 0.6) is 0 Å². The van der Waals surface area contributed by atoms with Crippen LogP contribution in [-0.2, 0) is 4.84 Å². The molecule has 0 fully saturated rings. The number of hydrogen-bond donors (Lipinski definition) is 0. The number of carbonyl (C=O) groups excluding carboxylic acids is 1. The van der Waals surface area contributed by atoms with Crippen LogP contribution in [0.2, 0.25) is 0 Å². The number of hydrogen-bond acceptors (Lipinski definition) is 5. The van der Waals surface area contributed by atoms with Crippen molar-refractivity contribution in [3.63, 3.8) is 0 Å². The summed E-state index contributed by atoms with van der Waals surface area (Å²) in [5.41, 5.74) is -0.0143. The van der Waals surface area contributed by atoms with Crippen LogP contribution < -0.4 is 5.43 Å². The zero-order valence-corrected chi connectivity index (χ0v) is 14.4. The van der Waals surface area contributed by atoms with Crippen LogP contribution in [0.4, 0.5) is 4.39 Å². The van der Waals surface area contributed by atoms with Gasteiger partial charge >= 0.3 is 5.91 Å². The highest BCUT2D eigenvalue weighted by Gasteiger charge is 2.20. The smallest absolute Gasteiger partial charge is 0.287 e. The fourth-order valence-corrected chi connectivity index (χ4v) is 2.35. The molecule has 1 amide bonds. The predicted octanol–water partition coefficient (Wildman–Crippen LogP) is 1.50. The van der Waals surface area contributed by atoms with E-state index in [4.69, 9.17) is 4.84 Å². The molecule has 2 heterocycles. The van der Waals surface area contributed by atoms with Gasteiger partial charge in [0.25, 0.3) is 0 Å². The first kappa shape index (κ1) is 17.5. The number of nitrogens with zero attached hydrogens (tertiary/aromatic N) is 5. The Bertz CT molecular complexity index is 1010. The summed E-state index contributed by atoms with van der Waals surface area (Å²) in [6, 6.07) is 6.17. The molecule has 0 aliphatic rings. The van der Waals surface area contributed by atoms with Gasteiger partial charge in [-0.3, -0.25) is 14.4 Å². The predicted molar refractivity (Wildman–Crippen MR) is 90.8 cm³/mol. The normalized spacial score (nSPS) is 10.8. The Labute approximate surface area is 148 Å². The van der Waals surface area contributed by atoms with Crippen molar-refractivity contribution >= 4 is 5.91 Å². The Morgan fingerprint density at radius 1 is 1.31 bits per heavy atom. The molecule has 0 saturated carbocycles. The average molecular weight is 357 g/mol. The van der Waals surface area contributed by atoms with E-state index in [1.54, 1.807) is 24.5 Å². The van der Waals surface area contributed by atoms with Crippen LogP contribution in [0.25, 0.3) is 11.4 Å². The van der Waals surface area contributed by atoms with E-state index < -0.39 is 17.2 Å². The van der Waals surface area contributed by atoms with E-state index in [1.807, 2.05) is 0 Å². The highest BCUT2D eigenvalue weighted by Crippen LogP contribution is 2.17. The minimum Gasteiger partial charge on any atom is -0.287 e. The van der Waals surface area contributed by atoms with E-state index in [-0.39, 0.29) is 16.9 Å². The lowest BCUT2D eigenvalue weighted by molar-refractivity contribution is -0.0762. The van der Waals surface area contributed by atoms with Gasteiger partial charge in [-0.05, 0) is 25.1 Å². The van der Waals surface area contributed by atoms with Crippen molar-refractivity contribution in [1.29, 1.82) is 0 Å². The Kier molecular flexibility index (Phi) is 4.63. The second kappa shape index (κ2) is 6.89. The van der Waals surface area contributed by atoms with Crippen molar-refractivity contribution in [3.8, 4) is 11.4 Å². The van der Waals surface area contributed by atoms with E-state index in [1.165, 1.54) is 44.1 Å². The van der Waals surface area contributed by atoms with Gasteiger partial charge in [0, 0.05) is 37.3 Å². The van der Waals surface area contributed by atoms with Gasteiger partial charge in [0.15, 0.2) is 11.5 Å². The molecule has 3 rings (SSSR count). The van der Waals surface area contributed by atoms with Crippen LogP contribution in [0.15, 0.2) is 47.7 Å². The van der Waals surface area contributed by atoms with Gasteiger partial charge in [-0.15, -0.1) is 0 Å². The number of rotatable bonds is 4. The third kappa shape index (κ3) is 3.11. The van der Waals surface area contributed by atoms with Crippen LogP contribution in [0.3, 0.4) is 0 Å². The number of aromatic nitrogens is 4. The van der Waals surface area contributed by atoms with Crippen molar-refractivity contribution in [3.05, 3.63) is 70.2 Å². The third-order valence-electron chi connectivity index (χ3n) is 3.81. The van der Waals surface area contributed by atoms with E-state index in [9.17, 15) is 14.0 Å². The van der Waals surface area contributed by atoms with Gasteiger partial charge in [-0.25, -0.2) is 18.8 Å². The SMILES string of the molecule is CON(C)C(=O)c1nn(-c2ccc(-n3cccn3)cc2F)cc(C)c1=O. The minimum absolute atomic E-state index is 0.0955. The second-order valence-electron chi connectivity index (χ2n) is 5.51. The number of aryl methyl sites for hydroxylation is 1. The molecule has 0 N–H and O–H groups in total. The molecule has 0 unspecified atom stereocenters. The summed E-state index contributed by atoms with van der Waals surface area (Å²) in [5, 5.41) is 8.92. The van der Waals surface area contributed by atoms with Crippen LogP contribution >= 0.6 is 0 Å². The molecule has 0 bridgehead atoms. The van der Waals surface area contributed by atoms with E-state index in [0.717, 1.165) is 9.75 Å². The lowest BCUT2D eigenvalue weighted by atomic mass is 10.2. The zero-order valence-electron chi connectivity index (χ0n) is 14.4. The van der Waals surface area contributed by atoms with Crippen molar-refractivity contribution in [1.82, 2.24) is 24.6 Å². The van der Waals surface area contributed by atoms with Crippen molar-refractivity contribution in [2.45, 2.75) is 6.92 Å². The molecule has 0 saturated heterocycles. The summed E-state index contributed by atoms with van der Waals surface area (Å²) >= 11 is 0. The molecule has 3 aromatic rings. The molecule has 134 valence electrons. The summed E-state index contributed by atoms with van der Waals surface area (Å²) < 4.78 is 17.3. The maximum atomic E-state index is 14.6. The summed E-state index contributed by atoms with van der Waals surface area (Å²) in [5.74, 6) is -1.30. The van der Waals surface area contributed by atoms with Crippen LogP contribution in [0.1, 0.15) is 16.1 Å². The van der Waals surface area contributed by atoms with Gasteiger partial charge in [-0.1, -0.05) is 0 Å². The highest BCUT2D eigenvalue weighted by atomic mass is 19.1. The third-order valence-corrected chi connectivity index (χ3v) is 3.81. The average Bonchev–Trinajstić information content (AvgIpc) is 3.17. The Morgan fingerprint density at radius 2 is 2.08 bits per heavy atom. The summed E-state index contributed by atoms with van der Waals surface area (Å²) in [6.07, 6.45) is 4.65. The molecular formula is C17H16FN5O3. The van der Waals surface area contributed by atoms with Crippen molar-refractivity contribution in [2.75, 3.05) is 14.2 Å². The molecule has 1 aromatic carbocycles. The summed E-state index contributed by atoms with van der Waals surface area (Å²) in [6.45, 7) is 1.53. The van der Waals surface area contributed by atoms with E-state index in [0.29, 0.717) is 5.69 Å². The summed E-state index contributed by atoms with van der Waals surface area (Å²) in [7, 11) is 2.65. The molecular weight excluding hydrogens is 341 g/mol. The van der Waals surface area contributed by atoms with E-state index >= 15 is 0 Å². The van der Waals surface area contributed by atoms with Gasteiger partial charge in [0.05, 0.1) is 12.8 Å². The number of amides is 1. The number of halogens is 1. The molecule has 2 aromatic heterocycles. The van der Waals surface area contributed by atoms with Crippen LogP contribution in [-0.4, -0.2) is 44.7 Å². The van der Waals surface area contributed by atoms with Gasteiger partial charge in [-0.2, -0.15) is 10.2 Å². The molecule has 0 spiro atoms. The molecule has 0 radical (unpaired) electrons. The van der Waals surface area contributed by atoms with Crippen molar-refractivity contribution in [2.24, 2.45) is 0 Å². The Balaban J connectivity index is 2.08. The fraction of sp³-hybridized carbons (Fsp3) is 0.176. The second-order valence-corrected chi connectivity index (χ2v) is 5.51. The molecule has 0 aliphatic carbocycles. The van der Waals surface area contributed by atoms with Crippen molar-refractivity contribution < 1.29 is 14.0 Å². The Hall–Kier alpha value is -3.33. The lowest BCUT2D eigenvalue weighted by Crippen LogP contribution is -2.33. The lowest BCUT2D eigenvalue weighted by Gasteiger charge is -2.15. The minimum atomic E-state index is -0.719. The van der Waals surface area contributed by atoms with Crippen LogP contribution in [0, 0.1) is 12.7 Å². The zero-order chi connectivity index (χ0) is 18.8. The summed E-state index contributed by atoms with van der Waals surface area (Å²) in [4.78, 5) is 29.3. The fourth-order valence-electron chi connectivity index (χ4n) is 2.35. The first-order valence-corrected chi connectivity index (χ1v) is 7.65. The molecule has 9 heteroatoms.